The first-order valence-corrected chi connectivity index (χ1v) is 24.7. The number of halogens is 2. The van der Waals surface area contributed by atoms with Crippen LogP contribution < -0.4 is 31.1 Å². The Hall–Kier alpha value is -5.46. The van der Waals surface area contributed by atoms with Crippen LogP contribution in [0.5, 0.6) is 0 Å². The largest absolute Gasteiger partial charge is 0.383 e. The molecule has 18 heteroatoms. The second-order valence-corrected chi connectivity index (χ2v) is 21.4. The number of hydrogen-bond acceptors (Lipinski definition) is 13. The third kappa shape index (κ3) is 9.86. The van der Waals surface area contributed by atoms with E-state index in [0.717, 1.165) is 101 Å². The molecule has 8 heterocycles. The summed E-state index contributed by atoms with van der Waals surface area (Å²) in [5, 5.41) is 12.7. The molecule has 7 aliphatic heterocycles. The number of imide groups is 1. The van der Waals surface area contributed by atoms with Crippen LogP contribution in [0.2, 0.25) is 0 Å². The lowest BCUT2D eigenvalue weighted by Gasteiger charge is -2.48. The minimum atomic E-state index is -0.629. The maximum atomic E-state index is 15.7. The summed E-state index contributed by atoms with van der Waals surface area (Å²) in [6, 6.07) is 9.66. The number of piperazine rings is 1. The zero-order valence-corrected chi connectivity index (χ0v) is 39.6. The summed E-state index contributed by atoms with van der Waals surface area (Å²) in [6.07, 6.45) is 7.85. The van der Waals surface area contributed by atoms with Crippen molar-refractivity contribution in [3.8, 4) is 0 Å². The summed E-state index contributed by atoms with van der Waals surface area (Å²) in [5.41, 5.74) is 2.94. The standard InChI is InChI=1S/C50H66F2N12O4/c1-48(2)8-16-59(17-9-48)27-34-24-38(52)41(25-37(34)51)63-29-45(66)58-50(32-63)12-20-62(21-13-50)43-26-42(55-33-56-43)54-15-23-61-19-11-49(31-61)10-18-60(30-49)22-14-53-39-5-3-4-35-36(39)28-64(47(35)68)40-6-7-44(65)57-46(40)67/h3-5,24-26,33,40,53H,6-23,27-32H2,1-2H3,(H,58,66)(H,54,55,56)(H,57,65,67)/t40?,49-/m1/s1. The minimum absolute atomic E-state index is 0.0156. The van der Waals surface area contributed by atoms with Gasteiger partial charge in [-0.25, -0.2) is 18.7 Å². The van der Waals surface area contributed by atoms with Gasteiger partial charge < -0.3 is 40.4 Å². The van der Waals surface area contributed by atoms with Gasteiger partial charge in [0.25, 0.3) is 5.91 Å². The molecule has 2 aromatic carbocycles. The van der Waals surface area contributed by atoms with Crippen molar-refractivity contribution in [2.24, 2.45) is 10.8 Å². The molecule has 6 saturated heterocycles. The molecule has 0 aliphatic carbocycles. The first-order valence-electron chi connectivity index (χ1n) is 24.7. The fourth-order valence-electron chi connectivity index (χ4n) is 11.9. The van der Waals surface area contributed by atoms with Gasteiger partial charge in [-0.15, -0.1) is 0 Å². The Morgan fingerprint density at radius 1 is 0.750 bits per heavy atom. The van der Waals surface area contributed by atoms with Crippen LogP contribution in [0.15, 0.2) is 42.7 Å². The lowest BCUT2D eigenvalue weighted by atomic mass is 9.82. The molecule has 0 saturated carbocycles. The maximum absolute atomic E-state index is 15.7. The van der Waals surface area contributed by atoms with Crippen LogP contribution in [0.25, 0.3) is 0 Å². The molecule has 10 rings (SSSR count). The van der Waals surface area contributed by atoms with E-state index in [0.29, 0.717) is 63.1 Å². The molecule has 68 heavy (non-hydrogen) atoms. The second-order valence-electron chi connectivity index (χ2n) is 21.4. The molecular weight excluding hydrogens is 871 g/mol. The summed E-state index contributed by atoms with van der Waals surface area (Å²) in [7, 11) is 0. The highest BCUT2D eigenvalue weighted by Crippen LogP contribution is 2.40. The molecule has 7 aliphatic rings. The Balaban J connectivity index is 0.661. The quantitative estimate of drug-likeness (QED) is 0.182. The normalized spacial score (nSPS) is 25.4. The average Bonchev–Trinajstić information content (AvgIpc) is 4.01. The lowest BCUT2D eigenvalue weighted by molar-refractivity contribution is -0.137. The SMILES string of the molecule is CC1(C)CCN(Cc2cc(F)c(N3CC(=O)NC4(CCN(c5cc(NCCN6CC[C@@]7(CCN(CCNc8cccc9c8CN(C8CCC(=O)NC8=O)C9=O)C7)C6)ncn5)CC4)C3)cc2F)CC1. The van der Waals surface area contributed by atoms with Gasteiger partial charge in [0.05, 0.1) is 17.8 Å². The smallest absolute Gasteiger partial charge is 0.255 e. The van der Waals surface area contributed by atoms with E-state index in [2.05, 4.69) is 64.7 Å². The number of benzene rings is 2. The molecule has 6 fully saturated rings. The number of likely N-dealkylation sites (tertiary alicyclic amines) is 3. The number of anilines is 4. The molecule has 3 aromatic rings. The van der Waals surface area contributed by atoms with Gasteiger partial charge in [-0.2, -0.15) is 0 Å². The van der Waals surface area contributed by atoms with Gasteiger partial charge in [0, 0.05) is 113 Å². The van der Waals surface area contributed by atoms with E-state index in [1.54, 1.807) is 16.1 Å². The van der Waals surface area contributed by atoms with Crippen molar-refractivity contribution >= 4 is 46.6 Å². The molecule has 1 unspecified atom stereocenters. The molecule has 0 radical (unpaired) electrons. The maximum Gasteiger partial charge on any atom is 0.255 e. The van der Waals surface area contributed by atoms with Crippen LogP contribution in [0.3, 0.4) is 0 Å². The average molecular weight is 937 g/mol. The molecule has 16 nitrogen and oxygen atoms in total. The molecule has 2 atom stereocenters. The van der Waals surface area contributed by atoms with Crippen molar-refractivity contribution in [3.63, 3.8) is 0 Å². The predicted octanol–water partition coefficient (Wildman–Crippen LogP) is 4.04. The Labute approximate surface area is 397 Å². The molecule has 1 aromatic heterocycles. The zero-order valence-electron chi connectivity index (χ0n) is 39.6. The zero-order chi connectivity index (χ0) is 47.2. The summed E-state index contributed by atoms with van der Waals surface area (Å²) in [5.74, 6) is -0.374. The van der Waals surface area contributed by atoms with E-state index in [1.165, 1.54) is 25.0 Å². The van der Waals surface area contributed by atoms with Crippen molar-refractivity contribution in [2.75, 3.05) is 112 Å². The number of hydrogen-bond donors (Lipinski definition) is 4. The van der Waals surface area contributed by atoms with Gasteiger partial charge in [0.15, 0.2) is 0 Å². The fraction of sp³-hybridized carbons (Fsp3) is 0.600. The summed E-state index contributed by atoms with van der Waals surface area (Å²) in [6.45, 7) is 16.2. The highest BCUT2D eigenvalue weighted by atomic mass is 19.1. The highest BCUT2D eigenvalue weighted by molar-refractivity contribution is 6.06. The first kappa shape index (κ1) is 46.3. The van der Waals surface area contributed by atoms with Crippen LogP contribution in [0, 0.1) is 22.5 Å². The number of piperidine rings is 3. The van der Waals surface area contributed by atoms with Crippen LogP contribution in [0.1, 0.15) is 86.7 Å². The number of nitrogens with zero attached hydrogens (tertiary/aromatic N) is 8. The number of fused-ring (bicyclic) bond motifs is 1. The Bertz CT molecular complexity index is 2420. The Morgan fingerprint density at radius 3 is 2.21 bits per heavy atom. The van der Waals surface area contributed by atoms with Gasteiger partial charge in [-0.3, -0.25) is 29.4 Å². The van der Waals surface area contributed by atoms with Gasteiger partial charge in [-0.05, 0) is 100 Å². The van der Waals surface area contributed by atoms with E-state index >= 15 is 8.78 Å². The van der Waals surface area contributed by atoms with Crippen LogP contribution >= 0.6 is 0 Å². The van der Waals surface area contributed by atoms with Crippen molar-refractivity contribution in [1.82, 2.24) is 40.2 Å². The van der Waals surface area contributed by atoms with E-state index < -0.39 is 29.1 Å². The molecule has 4 N–H and O–H groups in total. The molecule has 364 valence electrons. The van der Waals surface area contributed by atoms with Crippen LogP contribution in [0.4, 0.5) is 31.8 Å². The summed E-state index contributed by atoms with van der Waals surface area (Å²) in [4.78, 5) is 72.5. The van der Waals surface area contributed by atoms with Crippen molar-refractivity contribution < 1.29 is 28.0 Å². The number of aromatic nitrogens is 2. The summed E-state index contributed by atoms with van der Waals surface area (Å²) >= 11 is 0. The lowest BCUT2D eigenvalue weighted by Crippen LogP contribution is -2.66. The number of carbonyl (C=O) groups excluding carboxylic acids is 4. The van der Waals surface area contributed by atoms with Gasteiger partial charge in [0.2, 0.25) is 17.7 Å². The van der Waals surface area contributed by atoms with Gasteiger partial charge in [0.1, 0.15) is 35.6 Å². The topological polar surface area (TPSA) is 162 Å². The number of carbonyl (C=O) groups is 4. The van der Waals surface area contributed by atoms with E-state index in [9.17, 15) is 19.2 Å². The predicted molar refractivity (Wildman–Crippen MR) is 255 cm³/mol. The Morgan fingerprint density at radius 2 is 1.47 bits per heavy atom. The minimum Gasteiger partial charge on any atom is -0.383 e. The Kier molecular flexibility index (Phi) is 12.8. The van der Waals surface area contributed by atoms with Crippen molar-refractivity contribution in [1.29, 1.82) is 0 Å². The number of amides is 4. The third-order valence-corrected chi connectivity index (χ3v) is 16.1. The second kappa shape index (κ2) is 18.8. The fourth-order valence-corrected chi connectivity index (χ4v) is 11.9. The van der Waals surface area contributed by atoms with Gasteiger partial charge >= 0.3 is 0 Å². The first-order chi connectivity index (χ1) is 32.7. The number of nitrogens with one attached hydrogen (secondary N) is 4. The third-order valence-electron chi connectivity index (χ3n) is 16.1. The van der Waals surface area contributed by atoms with Crippen molar-refractivity contribution in [3.05, 3.63) is 71.1 Å². The van der Waals surface area contributed by atoms with Crippen LogP contribution in [-0.4, -0.2) is 156 Å². The molecular formula is C50H66F2N12O4. The summed E-state index contributed by atoms with van der Waals surface area (Å²) < 4.78 is 31.2. The molecule has 4 amide bonds. The van der Waals surface area contributed by atoms with Crippen LogP contribution in [-0.2, 0) is 27.5 Å². The molecule has 0 bridgehead atoms. The van der Waals surface area contributed by atoms with Crippen molar-refractivity contribution in [2.45, 2.75) is 89.9 Å². The number of rotatable bonds is 13. The van der Waals surface area contributed by atoms with Gasteiger partial charge in [-0.1, -0.05) is 19.9 Å². The molecule has 2 spiro atoms. The highest BCUT2D eigenvalue weighted by Gasteiger charge is 2.45. The van der Waals surface area contributed by atoms with E-state index in [4.69, 9.17) is 0 Å². The van der Waals surface area contributed by atoms with E-state index in [1.807, 2.05) is 24.3 Å². The monoisotopic (exact) mass is 937 g/mol. The van der Waals surface area contributed by atoms with E-state index in [-0.39, 0.29) is 47.2 Å².